The number of rotatable bonds is 1. The van der Waals surface area contributed by atoms with Gasteiger partial charge in [0, 0.05) is 17.9 Å². The zero-order chi connectivity index (χ0) is 14.6. The van der Waals surface area contributed by atoms with Crippen LogP contribution >= 0.6 is 0 Å². The van der Waals surface area contributed by atoms with Gasteiger partial charge in [0.25, 0.3) is 0 Å². The van der Waals surface area contributed by atoms with Gasteiger partial charge in [0.2, 0.25) is 0 Å². The zero-order valence-corrected chi connectivity index (χ0v) is 11.8. The van der Waals surface area contributed by atoms with E-state index < -0.39 is 0 Å². The van der Waals surface area contributed by atoms with E-state index in [2.05, 4.69) is 24.3 Å². The van der Waals surface area contributed by atoms with Crippen LogP contribution in [0.15, 0.2) is 48.5 Å². The largest absolute Gasteiger partial charge is 0.469 e. The summed E-state index contributed by atoms with van der Waals surface area (Å²) >= 11 is 0. The summed E-state index contributed by atoms with van der Waals surface area (Å²) in [5.41, 5.74) is 11.4. The number of benzene rings is 2. The molecule has 0 saturated carbocycles. The molecule has 2 bridgehead atoms. The van der Waals surface area contributed by atoms with Crippen LogP contribution in [0, 0.1) is 5.92 Å². The van der Waals surface area contributed by atoms with Crippen molar-refractivity contribution >= 4 is 5.97 Å². The summed E-state index contributed by atoms with van der Waals surface area (Å²) in [6.45, 7) is 0. The molecule has 106 valence electrons. The van der Waals surface area contributed by atoms with E-state index in [1.54, 1.807) is 0 Å². The van der Waals surface area contributed by atoms with Gasteiger partial charge in [-0.15, -0.1) is 0 Å². The Morgan fingerprint density at radius 3 is 1.76 bits per heavy atom. The molecule has 3 nitrogen and oxygen atoms in total. The van der Waals surface area contributed by atoms with Gasteiger partial charge in [-0.1, -0.05) is 48.5 Å². The van der Waals surface area contributed by atoms with Crippen LogP contribution in [0.25, 0.3) is 0 Å². The Bertz CT molecular complexity index is 677. The van der Waals surface area contributed by atoms with Crippen molar-refractivity contribution < 1.29 is 9.53 Å². The predicted octanol–water partition coefficient (Wildman–Crippen LogP) is 2.39. The first-order chi connectivity index (χ1) is 10.2. The molecule has 0 radical (unpaired) electrons. The predicted molar refractivity (Wildman–Crippen MR) is 80.1 cm³/mol. The third kappa shape index (κ3) is 1.55. The van der Waals surface area contributed by atoms with Gasteiger partial charge in [-0.3, -0.25) is 4.79 Å². The van der Waals surface area contributed by atoms with Gasteiger partial charge >= 0.3 is 5.97 Å². The highest BCUT2D eigenvalue weighted by Crippen LogP contribution is 2.54. The summed E-state index contributed by atoms with van der Waals surface area (Å²) < 4.78 is 5.02. The number of ether oxygens (including phenoxy) is 1. The molecule has 0 aromatic heterocycles. The lowest BCUT2D eigenvalue weighted by Crippen LogP contribution is -2.51. The van der Waals surface area contributed by atoms with Crippen molar-refractivity contribution in [3.63, 3.8) is 0 Å². The summed E-state index contributed by atoms with van der Waals surface area (Å²) in [6.07, 6.45) is 0. The molecule has 0 saturated heterocycles. The highest BCUT2D eigenvalue weighted by atomic mass is 16.5. The van der Waals surface area contributed by atoms with Crippen molar-refractivity contribution in [2.24, 2.45) is 11.7 Å². The van der Waals surface area contributed by atoms with Gasteiger partial charge in [0.1, 0.15) is 0 Å². The molecule has 0 heterocycles. The molecule has 5 rings (SSSR count). The summed E-state index contributed by atoms with van der Waals surface area (Å²) in [5.74, 6) is -0.428. The fourth-order valence-corrected chi connectivity index (χ4v) is 4.15. The van der Waals surface area contributed by atoms with Crippen molar-refractivity contribution in [1.29, 1.82) is 0 Å². The fraction of sp³-hybridized carbons (Fsp3) is 0.278. The lowest BCUT2D eigenvalue weighted by atomic mass is 9.57. The van der Waals surface area contributed by atoms with E-state index >= 15 is 0 Å². The Labute approximate surface area is 123 Å². The molecule has 2 atom stereocenters. The number of carbonyl (C=O) groups excluding carboxylic acids is 1. The molecule has 2 N–H and O–H groups in total. The second-order valence-corrected chi connectivity index (χ2v) is 5.84. The van der Waals surface area contributed by atoms with Crippen LogP contribution in [0.1, 0.15) is 34.1 Å². The first kappa shape index (κ1) is 12.6. The average Bonchev–Trinajstić information content (AvgIpc) is 2.54. The molecule has 3 aliphatic rings. The zero-order valence-electron chi connectivity index (χ0n) is 11.8. The maximum absolute atomic E-state index is 12.3. The van der Waals surface area contributed by atoms with Crippen LogP contribution in [-0.4, -0.2) is 19.1 Å². The monoisotopic (exact) mass is 279 g/mol. The first-order valence-corrected chi connectivity index (χ1v) is 7.25. The number of esters is 1. The number of hydrogen-bond donors (Lipinski definition) is 1. The number of nitrogens with two attached hydrogens (primary N) is 1. The molecule has 0 aliphatic heterocycles. The van der Waals surface area contributed by atoms with Gasteiger partial charge in [-0.2, -0.15) is 0 Å². The molecule has 2 aromatic carbocycles. The first-order valence-electron chi connectivity index (χ1n) is 7.25. The highest BCUT2D eigenvalue weighted by Gasteiger charge is 2.51. The van der Waals surface area contributed by atoms with Crippen LogP contribution in [0.2, 0.25) is 0 Å². The molecule has 3 heteroatoms. The maximum atomic E-state index is 12.3. The Kier molecular flexibility index (Phi) is 2.66. The third-order valence-corrected chi connectivity index (χ3v) is 4.96. The van der Waals surface area contributed by atoms with Crippen molar-refractivity contribution in [2.75, 3.05) is 7.11 Å². The lowest BCUT2D eigenvalue weighted by Gasteiger charge is -2.48. The second kappa shape index (κ2) is 4.43. The van der Waals surface area contributed by atoms with Gasteiger partial charge in [-0.25, -0.2) is 0 Å². The Morgan fingerprint density at radius 1 is 0.905 bits per heavy atom. The molecule has 0 fully saturated rings. The average molecular weight is 279 g/mol. The van der Waals surface area contributed by atoms with Crippen LogP contribution in [-0.2, 0) is 9.53 Å². The molecule has 3 aliphatic carbocycles. The van der Waals surface area contributed by atoms with E-state index in [1.807, 2.05) is 24.3 Å². The summed E-state index contributed by atoms with van der Waals surface area (Å²) in [7, 11) is 1.44. The van der Waals surface area contributed by atoms with E-state index in [0.29, 0.717) is 0 Å². The molecule has 0 unspecified atom stereocenters. The number of fused-ring (bicyclic) bond motifs is 1. The number of carbonyl (C=O) groups is 1. The van der Waals surface area contributed by atoms with Gasteiger partial charge in [0.15, 0.2) is 0 Å². The normalized spacial score (nSPS) is 28.7. The fourth-order valence-electron chi connectivity index (χ4n) is 4.15. The molecule has 0 amide bonds. The van der Waals surface area contributed by atoms with Crippen LogP contribution in [0.4, 0.5) is 0 Å². The number of methoxy groups -OCH3 is 1. The van der Waals surface area contributed by atoms with Gasteiger partial charge in [-0.05, 0) is 22.3 Å². The summed E-state index contributed by atoms with van der Waals surface area (Å²) in [6, 6.07) is 16.4. The highest BCUT2D eigenvalue weighted by molar-refractivity contribution is 5.79. The van der Waals surface area contributed by atoms with Crippen molar-refractivity contribution in [3.05, 3.63) is 70.8 Å². The quantitative estimate of drug-likeness (QED) is 0.815. The maximum Gasteiger partial charge on any atom is 0.311 e. The van der Waals surface area contributed by atoms with Gasteiger partial charge in [0.05, 0.1) is 13.0 Å². The van der Waals surface area contributed by atoms with E-state index in [0.717, 1.165) is 0 Å². The Morgan fingerprint density at radius 2 is 1.33 bits per heavy atom. The molecule has 21 heavy (non-hydrogen) atoms. The van der Waals surface area contributed by atoms with Gasteiger partial charge < -0.3 is 10.5 Å². The second-order valence-electron chi connectivity index (χ2n) is 5.84. The minimum Gasteiger partial charge on any atom is -0.469 e. The standard InChI is InChI=1S/C18H17NO2/c1-21-18(20)16-14-10-6-2-4-8-12(10)15(17(16)19)13-9-5-3-7-11(13)14/h2-9,14-17H,19H2,1H3/t14?,15?,16-,17-/m0/s1. The van der Waals surface area contributed by atoms with Crippen LogP contribution < -0.4 is 5.73 Å². The summed E-state index contributed by atoms with van der Waals surface area (Å²) in [5, 5.41) is 0. The van der Waals surface area contributed by atoms with Crippen molar-refractivity contribution in [2.45, 2.75) is 17.9 Å². The molecule has 2 aromatic rings. The Balaban J connectivity index is 2.00. The number of hydrogen-bond acceptors (Lipinski definition) is 3. The minimum absolute atomic E-state index is 0.00449. The van der Waals surface area contributed by atoms with Crippen molar-refractivity contribution in [1.82, 2.24) is 0 Å². The lowest BCUT2D eigenvalue weighted by molar-refractivity contribution is -0.147. The molecular weight excluding hydrogens is 262 g/mol. The third-order valence-electron chi connectivity index (χ3n) is 4.96. The minimum atomic E-state index is -0.301. The SMILES string of the molecule is COC(=O)[C@H]1C2c3ccccc3C(c3ccccc32)[C@@H]1N. The molecule has 0 spiro atoms. The van der Waals surface area contributed by atoms with E-state index in [9.17, 15) is 4.79 Å². The van der Waals surface area contributed by atoms with Crippen molar-refractivity contribution in [3.8, 4) is 0 Å². The van der Waals surface area contributed by atoms with E-state index in [1.165, 1.54) is 29.4 Å². The summed E-state index contributed by atoms with van der Waals surface area (Å²) in [4.78, 5) is 12.3. The van der Waals surface area contributed by atoms with E-state index in [4.69, 9.17) is 10.5 Å². The topological polar surface area (TPSA) is 52.3 Å². The van der Waals surface area contributed by atoms with Crippen LogP contribution in [0.5, 0.6) is 0 Å². The van der Waals surface area contributed by atoms with E-state index in [-0.39, 0.29) is 29.8 Å². The van der Waals surface area contributed by atoms with Crippen LogP contribution in [0.3, 0.4) is 0 Å². The smallest absolute Gasteiger partial charge is 0.311 e. The Hall–Kier alpha value is -2.13. The molecular formula is C18H17NO2.